The number of aryl methyl sites for hydroxylation is 1. The van der Waals surface area contributed by atoms with Gasteiger partial charge < -0.3 is 0 Å². The molecule has 0 aliphatic rings. The molecule has 0 fully saturated rings. The number of aromatic nitrogens is 4. The molecule has 11 heavy (non-hydrogen) atoms. The Kier molecular flexibility index (Phi) is 3.71. The minimum Gasteiger partial charge on any atom is -0.242 e. The molecule has 0 unspecified atom stereocenters. The first-order valence-electron chi connectivity index (χ1n) is 3.38. The minimum absolute atomic E-state index is 0.527. The summed E-state index contributed by atoms with van der Waals surface area (Å²) >= 11 is 8.24. The summed E-state index contributed by atoms with van der Waals surface area (Å²) in [6, 6.07) is 0. The molecule has 0 spiro atoms. The van der Waals surface area contributed by atoms with E-state index in [-0.39, 0.29) is 0 Å². The first kappa shape index (κ1) is 8.86. The molecule has 1 heterocycles. The molecule has 0 aliphatic heterocycles. The quantitative estimate of drug-likeness (QED) is 0.490. The number of halogens is 1. The normalized spacial score (nSPS) is 10.3. The second kappa shape index (κ2) is 4.61. The molecule has 6 heteroatoms. The molecule has 1 aromatic rings. The van der Waals surface area contributed by atoms with Crippen LogP contribution in [0.4, 0.5) is 0 Å². The first-order chi connectivity index (χ1) is 5.34. The first-order valence-corrected chi connectivity index (χ1v) is 4.91. The number of alkyl halides is 1. The van der Waals surface area contributed by atoms with Gasteiger partial charge in [0.25, 0.3) is 0 Å². The van der Waals surface area contributed by atoms with Crippen molar-refractivity contribution in [1.82, 2.24) is 20.2 Å². The minimum atomic E-state index is 0.527. The number of nitrogens with one attached hydrogen (secondary N) is 1. The molecule has 0 aromatic carbocycles. The van der Waals surface area contributed by atoms with Crippen LogP contribution in [0, 0.1) is 4.77 Å². The van der Waals surface area contributed by atoms with Crippen molar-refractivity contribution in [3.63, 3.8) is 0 Å². The average Bonchev–Trinajstić information content (AvgIpc) is 2.37. The second-order valence-electron chi connectivity index (χ2n) is 2.13. The summed E-state index contributed by atoms with van der Waals surface area (Å²) in [7, 11) is 0. The van der Waals surface area contributed by atoms with Gasteiger partial charge in [-0.25, -0.2) is 4.68 Å². The Bertz CT molecular complexity index is 255. The molecule has 1 rings (SSSR count). The maximum absolute atomic E-state index is 4.88. The zero-order valence-electron chi connectivity index (χ0n) is 5.96. The van der Waals surface area contributed by atoms with Crippen LogP contribution in [0.25, 0.3) is 0 Å². The van der Waals surface area contributed by atoms with Crippen molar-refractivity contribution >= 4 is 28.1 Å². The molecule has 0 saturated carbocycles. The van der Waals surface area contributed by atoms with Gasteiger partial charge in [-0.15, -0.1) is 0 Å². The van der Waals surface area contributed by atoms with Crippen molar-refractivity contribution in [2.24, 2.45) is 0 Å². The summed E-state index contributed by atoms with van der Waals surface area (Å²) in [6.45, 7) is 0.872. The summed E-state index contributed by atoms with van der Waals surface area (Å²) in [5.74, 6) is 0. The molecule has 0 saturated heterocycles. The summed E-state index contributed by atoms with van der Waals surface area (Å²) in [6.07, 6.45) is 2.23. The second-order valence-corrected chi connectivity index (χ2v) is 3.29. The highest BCUT2D eigenvalue weighted by Gasteiger charge is 1.93. The van der Waals surface area contributed by atoms with Gasteiger partial charge in [-0.05, 0) is 25.1 Å². The van der Waals surface area contributed by atoms with E-state index in [9.17, 15) is 0 Å². The fraction of sp³-hybridized carbons (Fsp3) is 0.800. The Labute approximate surface area is 78.1 Å². The van der Waals surface area contributed by atoms with Gasteiger partial charge in [-0.2, -0.15) is 5.21 Å². The third-order valence-corrected chi connectivity index (χ3v) is 2.16. The van der Waals surface area contributed by atoms with Crippen LogP contribution in [0.1, 0.15) is 12.8 Å². The van der Waals surface area contributed by atoms with Crippen LogP contribution in [0.5, 0.6) is 0 Å². The molecule has 0 bridgehead atoms. The van der Waals surface area contributed by atoms with Crippen LogP contribution in [0.15, 0.2) is 0 Å². The molecular formula is C5H9BrN4S. The van der Waals surface area contributed by atoms with Gasteiger partial charge in [0.15, 0.2) is 0 Å². The van der Waals surface area contributed by atoms with Crippen LogP contribution in [0.2, 0.25) is 0 Å². The summed E-state index contributed by atoms with van der Waals surface area (Å²) in [4.78, 5) is 0. The molecular weight excluding hydrogens is 228 g/mol. The highest BCUT2D eigenvalue weighted by atomic mass is 79.9. The van der Waals surface area contributed by atoms with E-state index in [0.29, 0.717) is 4.77 Å². The zero-order chi connectivity index (χ0) is 8.10. The number of tetrazole rings is 1. The fourth-order valence-corrected chi connectivity index (χ4v) is 1.30. The SMILES string of the molecule is S=c1nn[nH]n1CCCCBr. The molecule has 0 radical (unpaired) electrons. The molecule has 1 aromatic heterocycles. The highest BCUT2D eigenvalue weighted by molar-refractivity contribution is 9.09. The van der Waals surface area contributed by atoms with Gasteiger partial charge in [0.1, 0.15) is 0 Å². The lowest BCUT2D eigenvalue weighted by molar-refractivity contribution is 0.550. The number of hydrogen-bond donors (Lipinski definition) is 1. The molecule has 62 valence electrons. The van der Waals surface area contributed by atoms with Gasteiger partial charge in [-0.3, -0.25) is 0 Å². The zero-order valence-corrected chi connectivity index (χ0v) is 8.36. The topological polar surface area (TPSA) is 46.5 Å². The highest BCUT2D eigenvalue weighted by Crippen LogP contribution is 1.96. The number of hydrogen-bond acceptors (Lipinski definition) is 3. The van der Waals surface area contributed by atoms with Crippen molar-refractivity contribution in [1.29, 1.82) is 0 Å². The van der Waals surface area contributed by atoms with E-state index in [2.05, 4.69) is 31.5 Å². The Morgan fingerprint density at radius 2 is 2.36 bits per heavy atom. The van der Waals surface area contributed by atoms with Crippen molar-refractivity contribution in [3.05, 3.63) is 4.77 Å². The fourth-order valence-electron chi connectivity index (χ4n) is 0.726. The van der Waals surface area contributed by atoms with Crippen LogP contribution < -0.4 is 0 Å². The van der Waals surface area contributed by atoms with Crippen molar-refractivity contribution < 1.29 is 0 Å². The number of aromatic amines is 1. The Morgan fingerprint density at radius 1 is 1.55 bits per heavy atom. The van der Waals surface area contributed by atoms with Crippen molar-refractivity contribution in [2.45, 2.75) is 19.4 Å². The smallest absolute Gasteiger partial charge is 0.238 e. The van der Waals surface area contributed by atoms with E-state index < -0.39 is 0 Å². The van der Waals surface area contributed by atoms with Crippen LogP contribution >= 0.6 is 28.1 Å². The Morgan fingerprint density at radius 3 is 2.91 bits per heavy atom. The number of nitrogens with zero attached hydrogens (tertiary/aromatic N) is 3. The summed E-state index contributed by atoms with van der Waals surface area (Å²) in [5.41, 5.74) is 0. The average molecular weight is 237 g/mol. The maximum Gasteiger partial charge on any atom is 0.238 e. The van der Waals surface area contributed by atoms with Crippen molar-refractivity contribution in [2.75, 3.05) is 5.33 Å². The predicted molar refractivity (Wildman–Crippen MR) is 48.2 cm³/mol. The summed E-state index contributed by atoms with van der Waals surface area (Å²) < 4.78 is 2.29. The molecule has 0 atom stereocenters. The van der Waals surface area contributed by atoms with Crippen molar-refractivity contribution in [3.8, 4) is 0 Å². The van der Waals surface area contributed by atoms with E-state index >= 15 is 0 Å². The van der Waals surface area contributed by atoms with Gasteiger partial charge in [0, 0.05) is 11.9 Å². The molecule has 0 aliphatic carbocycles. The largest absolute Gasteiger partial charge is 0.242 e. The van der Waals surface area contributed by atoms with Gasteiger partial charge >= 0.3 is 0 Å². The Hall–Kier alpha value is -0.230. The van der Waals surface area contributed by atoms with Crippen LogP contribution in [-0.4, -0.2) is 25.5 Å². The maximum atomic E-state index is 4.88. The third-order valence-electron chi connectivity index (χ3n) is 1.30. The van der Waals surface area contributed by atoms with E-state index in [1.807, 2.05) is 0 Å². The number of H-pyrrole nitrogens is 1. The standard InChI is InChI=1S/C5H9BrN4S/c6-3-1-2-4-10-5(11)7-8-9-10/h1-4H2,(H,7,9,11). The predicted octanol–water partition coefficient (Wildman–Crippen LogP) is 1.51. The van der Waals surface area contributed by atoms with Crippen LogP contribution in [-0.2, 0) is 6.54 Å². The monoisotopic (exact) mass is 236 g/mol. The third kappa shape index (κ3) is 2.70. The lowest BCUT2D eigenvalue weighted by Gasteiger charge is -1.97. The summed E-state index contributed by atoms with van der Waals surface area (Å²) in [5, 5.41) is 11.0. The molecule has 0 amide bonds. The number of rotatable bonds is 4. The lowest BCUT2D eigenvalue weighted by Crippen LogP contribution is -2.00. The Balaban J connectivity index is 2.39. The van der Waals surface area contributed by atoms with Gasteiger partial charge in [-0.1, -0.05) is 26.2 Å². The van der Waals surface area contributed by atoms with Gasteiger partial charge in [0.2, 0.25) is 4.77 Å². The van der Waals surface area contributed by atoms with E-state index in [4.69, 9.17) is 12.2 Å². The molecule has 1 N–H and O–H groups in total. The van der Waals surface area contributed by atoms with E-state index in [1.54, 1.807) is 4.68 Å². The lowest BCUT2D eigenvalue weighted by atomic mass is 10.3. The van der Waals surface area contributed by atoms with Crippen LogP contribution in [0.3, 0.4) is 0 Å². The number of unbranched alkanes of at least 4 members (excludes halogenated alkanes) is 1. The van der Waals surface area contributed by atoms with E-state index in [0.717, 1.165) is 24.7 Å². The van der Waals surface area contributed by atoms with Gasteiger partial charge in [0.05, 0.1) is 0 Å². The molecule has 4 nitrogen and oxygen atoms in total. The van der Waals surface area contributed by atoms with E-state index in [1.165, 1.54) is 0 Å².